The third-order valence-corrected chi connectivity index (χ3v) is 4.24. The van der Waals surface area contributed by atoms with Crippen molar-refractivity contribution in [3.05, 3.63) is 48.8 Å². The van der Waals surface area contributed by atoms with Gasteiger partial charge in [0.25, 0.3) is 0 Å². The number of benzene rings is 1. The third kappa shape index (κ3) is 4.51. The number of aromatic nitrogens is 3. The first-order valence-corrected chi connectivity index (χ1v) is 8.77. The van der Waals surface area contributed by atoms with Crippen molar-refractivity contribution in [2.24, 2.45) is 5.73 Å². The van der Waals surface area contributed by atoms with E-state index >= 15 is 0 Å². The second-order valence-electron chi connectivity index (χ2n) is 6.14. The number of rotatable bonds is 7. The van der Waals surface area contributed by atoms with Crippen molar-refractivity contribution in [3.8, 4) is 34.1 Å². The van der Waals surface area contributed by atoms with Gasteiger partial charge in [0, 0.05) is 36.6 Å². The highest BCUT2D eigenvalue weighted by atomic mass is 16.5. The number of pyridine rings is 1. The average molecular weight is 365 g/mol. The van der Waals surface area contributed by atoms with Gasteiger partial charge >= 0.3 is 0 Å². The van der Waals surface area contributed by atoms with Crippen molar-refractivity contribution in [1.82, 2.24) is 15.0 Å². The van der Waals surface area contributed by atoms with Crippen molar-refractivity contribution >= 4 is 5.82 Å². The third-order valence-electron chi connectivity index (χ3n) is 4.24. The Hall–Kier alpha value is -3.19. The highest BCUT2D eigenvalue weighted by Gasteiger charge is 2.11. The topological polar surface area (TPSA) is 106 Å². The van der Waals surface area contributed by atoms with Crippen LogP contribution in [0.1, 0.15) is 13.3 Å². The first-order valence-electron chi connectivity index (χ1n) is 8.77. The molecule has 0 saturated carbocycles. The predicted molar refractivity (Wildman–Crippen MR) is 106 cm³/mol. The van der Waals surface area contributed by atoms with Gasteiger partial charge in [-0.05, 0) is 36.2 Å². The van der Waals surface area contributed by atoms with Crippen LogP contribution in [0.25, 0.3) is 22.5 Å². The molecule has 3 aromatic rings. The zero-order valence-electron chi connectivity index (χ0n) is 15.4. The van der Waals surface area contributed by atoms with Crippen LogP contribution in [0.2, 0.25) is 0 Å². The Morgan fingerprint density at radius 3 is 2.67 bits per heavy atom. The van der Waals surface area contributed by atoms with Crippen molar-refractivity contribution in [1.29, 1.82) is 0 Å². The van der Waals surface area contributed by atoms with E-state index in [1.54, 1.807) is 37.7 Å². The minimum atomic E-state index is 0.0581. The molecule has 0 aliphatic rings. The number of hydrogen-bond acceptors (Lipinski definition) is 7. The van der Waals surface area contributed by atoms with Crippen LogP contribution in [0, 0.1) is 0 Å². The van der Waals surface area contributed by atoms with Crippen LogP contribution in [-0.4, -0.2) is 39.8 Å². The maximum absolute atomic E-state index is 10.3. The molecule has 0 bridgehead atoms. The standard InChI is InChI=1S/C20H23N5O2/c1-3-15(21)12-23-18-8-9-22-20(25-18)16-10-13(4-6-17(16)26)14-5-7-19(27-2)24-11-14/h4-11,15,26H,3,12,21H2,1-2H3,(H,22,23,25)/t15-/m0/s1. The van der Waals surface area contributed by atoms with Crippen molar-refractivity contribution < 1.29 is 9.84 Å². The number of phenolic OH excluding ortho intramolecular Hbond substituents is 1. The van der Waals surface area contributed by atoms with Crippen molar-refractivity contribution in [3.63, 3.8) is 0 Å². The maximum atomic E-state index is 10.3. The lowest BCUT2D eigenvalue weighted by molar-refractivity contribution is 0.398. The summed E-state index contributed by atoms with van der Waals surface area (Å²) in [5.41, 5.74) is 8.29. The van der Waals surface area contributed by atoms with Crippen LogP contribution in [0.3, 0.4) is 0 Å². The van der Waals surface area contributed by atoms with E-state index in [9.17, 15) is 5.11 Å². The molecule has 0 fully saturated rings. The molecule has 2 heterocycles. The summed E-state index contributed by atoms with van der Waals surface area (Å²) in [6.45, 7) is 2.66. The summed E-state index contributed by atoms with van der Waals surface area (Å²) in [4.78, 5) is 13.0. The normalized spacial score (nSPS) is 11.8. The quantitative estimate of drug-likeness (QED) is 0.591. The Kier molecular flexibility index (Phi) is 5.83. The summed E-state index contributed by atoms with van der Waals surface area (Å²) in [7, 11) is 1.58. The fourth-order valence-corrected chi connectivity index (χ4v) is 2.53. The summed E-state index contributed by atoms with van der Waals surface area (Å²) in [5.74, 6) is 1.76. The highest BCUT2D eigenvalue weighted by molar-refractivity contribution is 5.74. The maximum Gasteiger partial charge on any atom is 0.212 e. The smallest absolute Gasteiger partial charge is 0.212 e. The number of nitrogens with one attached hydrogen (secondary N) is 1. The van der Waals surface area contributed by atoms with Crippen molar-refractivity contribution in [2.75, 3.05) is 19.0 Å². The summed E-state index contributed by atoms with van der Waals surface area (Å²) in [6.07, 6.45) is 4.26. The zero-order chi connectivity index (χ0) is 19.2. The largest absolute Gasteiger partial charge is 0.507 e. The lowest BCUT2D eigenvalue weighted by atomic mass is 10.0. The van der Waals surface area contributed by atoms with E-state index in [1.165, 1.54) is 0 Å². The molecule has 2 aromatic heterocycles. The highest BCUT2D eigenvalue weighted by Crippen LogP contribution is 2.32. The zero-order valence-corrected chi connectivity index (χ0v) is 15.4. The number of nitrogens with zero attached hydrogens (tertiary/aromatic N) is 3. The van der Waals surface area contributed by atoms with E-state index in [2.05, 4.69) is 20.3 Å². The van der Waals surface area contributed by atoms with Gasteiger partial charge < -0.3 is 20.9 Å². The van der Waals surface area contributed by atoms with E-state index in [0.717, 1.165) is 17.5 Å². The Balaban J connectivity index is 1.89. The van der Waals surface area contributed by atoms with Gasteiger partial charge in [-0.1, -0.05) is 13.0 Å². The second kappa shape index (κ2) is 8.46. The molecule has 1 aromatic carbocycles. The number of anilines is 1. The van der Waals surface area contributed by atoms with Gasteiger partial charge in [-0.2, -0.15) is 0 Å². The molecule has 4 N–H and O–H groups in total. The van der Waals surface area contributed by atoms with E-state index in [4.69, 9.17) is 10.5 Å². The van der Waals surface area contributed by atoms with Gasteiger partial charge in [-0.15, -0.1) is 0 Å². The minimum Gasteiger partial charge on any atom is -0.507 e. The van der Waals surface area contributed by atoms with E-state index in [0.29, 0.717) is 29.6 Å². The monoisotopic (exact) mass is 365 g/mol. The molecule has 140 valence electrons. The van der Waals surface area contributed by atoms with Gasteiger partial charge in [-0.3, -0.25) is 0 Å². The van der Waals surface area contributed by atoms with Crippen LogP contribution in [0.5, 0.6) is 11.6 Å². The van der Waals surface area contributed by atoms with E-state index in [-0.39, 0.29) is 11.8 Å². The molecule has 27 heavy (non-hydrogen) atoms. The minimum absolute atomic E-state index is 0.0581. The Morgan fingerprint density at radius 2 is 1.96 bits per heavy atom. The molecule has 0 aliphatic carbocycles. The number of methoxy groups -OCH3 is 1. The van der Waals surface area contributed by atoms with Gasteiger partial charge in [-0.25, -0.2) is 15.0 Å². The predicted octanol–water partition coefficient (Wildman–Crippen LogP) is 3.07. The molecular weight excluding hydrogens is 342 g/mol. The number of phenols is 1. The second-order valence-corrected chi connectivity index (χ2v) is 6.14. The first kappa shape index (κ1) is 18.6. The average Bonchev–Trinajstić information content (AvgIpc) is 2.72. The molecular formula is C20H23N5O2. The molecule has 7 nitrogen and oxygen atoms in total. The molecule has 0 spiro atoms. The molecule has 3 rings (SSSR count). The summed E-state index contributed by atoms with van der Waals surface area (Å²) < 4.78 is 5.09. The molecule has 0 amide bonds. The lowest BCUT2D eigenvalue weighted by Crippen LogP contribution is -2.28. The SMILES string of the molecule is CC[C@H](N)CNc1ccnc(-c2cc(-c3ccc(OC)nc3)ccc2O)n1. The van der Waals surface area contributed by atoms with Crippen LogP contribution >= 0.6 is 0 Å². The fraction of sp³-hybridized carbons (Fsp3) is 0.250. The Morgan fingerprint density at radius 1 is 1.15 bits per heavy atom. The summed E-state index contributed by atoms with van der Waals surface area (Å²) in [5, 5.41) is 13.5. The van der Waals surface area contributed by atoms with E-state index in [1.807, 2.05) is 25.1 Å². The lowest BCUT2D eigenvalue weighted by Gasteiger charge is -2.12. The van der Waals surface area contributed by atoms with Crippen LogP contribution < -0.4 is 15.8 Å². The molecule has 0 saturated heterocycles. The molecule has 0 unspecified atom stereocenters. The Labute approximate surface area is 158 Å². The number of hydrogen-bond donors (Lipinski definition) is 3. The van der Waals surface area contributed by atoms with E-state index < -0.39 is 0 Å². The fourth-order valence-electron chi connectivity index (χ4n) is 2.53. The van der Waals surface area contributed by atoms with Gasteiger partial charge in [0.2, 0.25) is 5.88 Å². The molecule has 0 aliphatic heterocycles. The molecule has 7 heteroatoms. The van der Waals surface area contributed by atoms with Crippen LogP contribution in [0.15, 0.2) is 48.8 Å². The number of aromatic hydroxyl groups is 1. The van der Waals surface area contributed by atoms with Gasteiger partial charge in [0.1, 0.15) is 11.6 Å². The number of nitrogens with two attached hydrogens (primary N) is 1. The Bertz CT molecular complexity index is 899. The van der Waals surface area contributed by atoms with Crippen LogP contribution in [0.4, 0.5) is 5.82 Å². The summed E-state index contributed by atoms with van der Waals surface area (Å²) in [6, 6.07) is 10.8. The van der Waals surface area contributed by atoms with Gasteiger partial charge in [0.15, 0.2) is 5.82 Å². The molecule has 0 radical (unpaired) electrons. The van der Waals surface area contributed by atoms with Crippen LogP contribution in [-0.2, 0) is 0 Å². The van der Waals surface area contributed by atoms with Crippen molar-refractivity contribution in [2.45, 2.75) is 19.4 Å². The summed E-state index contributed by atoms with van der Waals surface area (Å²) >= 11 is 0. The molecule has 1 atom stereocenters. The van der Waals surface area contributed by atoms with Gasteiger partial charge in [0.05, 0.1) is 12.7 Å². The first-order chi connectivity index (χ1) is 13.1. The number of ether oxygens (including phenoxy) is 1.